The number of pyridine rings is 1. The summed E-state index contributed by atoms with van der Waals surface area (Å²) in [5.41, 5.74) is 1.11. The molecule has 0 spiro atoms. The van der Waals surface area contributed by atoms with Gasteiger partial charge in [0.05, 0.1) is 7.11 Å². The number of anilines is 1. The highest BCUT2D eigenvalue weighted by Crippen LogP contribution is 2.32. The summed E-state index contributed by atoms with van der Waals surface area (Å²) < 4.78 is 5.39. The molecule has 3 rings (SSSR count). The van der Waals surface area contributed by atoms with Gasteiger partial charge in [-0.05, 0) is 18.8 Å². The number of ether oxygens (including phenoxy) is 1. The zero-order valence-electron chi connectivity index (χ0n) is 15.1. The van der Waals surface area contributed by atoms with E-state index in [2.05, 4.69) is 23.2 Å². The van der Waals surface area contributed by atoms with Crippen LogP contribution < -0.4 is 15.0 Å². The fraction of sp³-hybridized carbons (Fsp3) is 0.722. The lowest BCUT2D eigenvalue weighted by molar-refractivity contribution is 0.413. The third-order valence-corrected chi connectivity index (χ3v) is 4.18. The fourth-order valence-corrected chi connectivity index (χ4v) is 3.12. The molecular formula is C18H33N3O. The predicted octanol–water partition coefficient (Wildman–Crippen LogP) is 3.50. The van der Waals surface area contributed by atoms with Crippen molar-refractivity contribution >= 4 is 5.82 Å². The number of methoxy groups -OCH3 is 1. The van der Waals surface area contributed by atoms with Crippen molar-refractivity contribution in [2.24, 2.45) is 5.92 Å². The maximum Gasteiger partial charge on any atom is 0.132 e. The molecule has 126 valence electrons. The van der Waals surface area contributed by atoms with Crippen LogP contribution in [0.4, 0.5) is 5.82 Å². The minimum atomic E-state index is 0.620. The smallest absolute Gasteiger partial charge is 0.132 e. The highest BCUT2D eigenvalue weighted by Gasteiger charge is 2.38. The molecule has 4 nitrogen and oxygen atoms in total. The molecule has 1 N–H and O–H groups in total. The first-order chi connectivity index (χ1) is 10.8. The Labute approximate surface area is 136 Å². The molecule has 2 aliphatic rings. The van der Waals surface area contributed by atoms with Crippen molar-refractivity contribution in [1.82, 2.24) is 10.3 Å². The van der Waals surface area contributed by atoms with E-state index in [0.29, 0.717) is 6.04 Å². The van der Waals surface area contributed by atoms with Gasteiger partial charge in [0.2, 0.25) is 0 Å². The first-order valence-electron chi connectivity index (χ1n) is 8.84. The Balaban J connectivity index is 0.000000561. The maximum absolute atomic E-state index is 5.39. The van der Waals surface area contributed by atoms with E-state index >= 15 is 0 Å². The van der Waals surface area contributed by atoms with Crippen LogP contribution in [0, 0.1) is 5.92 Å². The van der Waals surface area contributed by atoms with Gasteiger partial charge in [-0.1, -0.05) is 34.6 Å². The molecule has 2 saturated heterocycles. The van der Waals surface area contributed by atoms with Gasteiger partial charge in [0, 0.05) is 43.5 Å². The van der Waals surface area contributed by atoms with Gasteiger partial charge in [-0.3, -0.25) is 0 Å². The number of fused-ring (bicyclic) bond motifs is 1. The first kappa shape index (κ1) is 18.8. The van der Waals surface area contributed by atoms with Crippen LogP contribution in [0.1, 0.15) is 46.7 Å². The second kappa shape index (κ2) is 9.67. The monoisotopic (exact) mass is 307 g/mol. The molecule has 2 aliphatic heterocycles. The predicted molar refractivity (Wildman–Crippen MR) is 95.0 cm³/mol. The molecule has 0 bridgehead atoms. The van der Waals surface area contributed by atoms with Crippen LogP contribution >= 0.6 is 0 Å². The Morgan fingerprint density at radius 3 is 2.59 bits per heavy atom. The minimum absolute atomic E-state index is 0.620. The molecule has 0 aromatic carbocycles. The average Bonchev–Trinajstić information content (AvgIpc) is 3.21. The van der Waals surface area contributed by atoms with Gasteiger partial charge in [0.15, 0.2) is 0 Å². The van der Waals surface area contributed by atoms with Gasteiger partial charge < -0.3 is 15.0 Å². The summed E-state index contributed by atoms with van der Waals surface area (Å²) in [4.78, 5) is 7.21. The van der Waals surface area contributed by atoms with Gasteiger partial charge in [-0.2, -0.15) is 0 Å². The molecule has 0 radical (unpaired) electrons. The largest absolute Gasteiger partial charge is 0.497 e. The second-order valence-corrected chi connectivity index (χ2v) is 5.18. The highest BCUT2D eigenvalue weighted by molar-refractivity contribution is 5.48. The van der Waals surface area contributed by atoms with Crippen LogP contribution in [-0.2, 0) is 6.42 Å². The van der Waals surface area contributed by atoms with Gasteiger partial charge in [-0.25, -0.2) is 4.98 Å². The molecule has 0 aliphatic carbocycles. The van der Waals surface area contributed by atoms with Crippen LogP contribution in [-0.4, -0.2) is 37.8 Å². The third-order valence-electron chi connectivity index (χ3n) is 4.18. The lowest BCUT2D eigenvalue weighted by Crippen LogP contribution is -2.34. The lowest BCUT2D eigenvalue weighted by atomic mass is 10.1. The molecule has 0 amide bonds. The summed E-state index contributed by atoms with van der Waals surface area (Å²) in [6.07, 6.45) is 2.22. The van der Waals surface area contributed by atoms with E-state index in [-0.39, 0.29) is 0 Å². The van der Waals surface area contributed by atoms with Gasteiger partial charge in [0.1, 0.15) is 11.6 Å². The standard InChI is InChI=1S/C14H21N3O.2C2H6/c1-3-11-6-12(18-2)7-14(16-11)17-5-4-10-8-15-9-13(10)17;2*1-2/h6-7,10,13,15H,3-5,8-9H2,1-2H3;2*1-2H3. The summed E-state index contributed by atoms with van der Waals surface area (Å²) in [7, 11) is 1.72. The van der Waals surface area contributed by atoms with Crippen molar-refractivity contribution in [3.8, 4) is 5.75 Å². The van der Waals surface area contributed by atoms with E-state index in [0.717, 1.165) is 49.2 Å². The summed E-state index contributed by atoms with van der Waals surface area (Å²) in [6, 6.07) is 4.72. The molecule has 2 fully saturated rings. The van der Waals surface area contributed by atoms with Crippen LogP contribution in [0.2, 0.25) is 0 Å². The maximum atomic E-state index is 5.39. The second-order valence-electron chi connectivity index (χ2n) is 5.18. The summed E-state index contributed by atoms with van der Waals surface area (Å²) in [5, 5.41) is 3.48. The van der Waals surface area contributed by atoms with Crippen LogP contribution in [0.3, 0.4) is 0 Å². The Kier molecular flexibility index (Phi) is 8.25. The number of rotatable bonds is 3. The van der Waals surface area contributed by atoms with E-state index in [9.17, 15) is 0 Å². The summed E-state index contributed by atoms with van der Waals surface area (Å²) in [6.45, 7) is 13.5. The van der Waals surface area contributed by atoms with Gasteiger partial charge in [0.25, 0.3) is 0 Å². The quantitative estimate of drug-likeness (QED) is 0.927. The number of hydrogen-bond acceptors (Lipinski definition) is 4. The molecule has 0 saturated carbocycles. The normalized spacial score (nSPS) is 22.2. The van der Waals surface area contributed by atoms with E-state index in [4.69, 9.17) is 9.72 Å². The Hall–Kier alpha value is -1.29. The third kappa shape index (κ3) is 4.13. The molecule has 3 heterocycles. The Morgan fingerprint density at radius 1 is 1.23 bits per heavy atom. The SMILES string of the molecule is CC.CC.CCc1cc(OC)cc(N2CCC3CNCC32)n1. The van der Waals surface area contributed by atoms with E-state index in [1.165, 1.54) is 6.42 Å². The number of aromatic nitrogens is 1. The summed E-state index contributed by atoms with van der Waals surface area (Å²) in [5.74, 6) is 2.80. The van der Waals surface area contributed by atoms with Crippen molar-refractivity contribution in [1.29, 1.82) is 0 Å². The van der Waals surface area contributed by atoms with E-state index < -0.39 is 0 Å². The average molecular weight is 307 g/mol. The van der Waals surface area contributed by atoms with Crippen molar-refractivity contribution in [3.05, 3.63) is 17.8 Å². The molecule has 1 aromatic heterocycles. The number of aryl methyl sites for hydroxylation is 1. The van der Waals surface area contributed by atoms with Crippen LogP contribution in [0.15, 0.2) is 12.1 Å². The van der Waals surface area contributed by atoms with Crippen molar-refractivity contribution in [3.63, 3.8) is 0 Å². The van der Waals surface area contributed by atoms with E-state index in [1.807, 2.05) is 33.8 Å². The molecule has 4 heteroatoms. The van der Waals surface area contributed by atoms with Crippen molar-refractivity contribution in [2.75, 3.05) is 31.6 Å². The minimum Gasteiger partial charge on any atom is -0.497 e. The molecular weight excluding hydrogens is 274 g/mol. The highest BCUT2D eigenvalue weighted by atomic mass is 16.5. The molecule has 22 heavy (non-hydrogen) atoms. The van der Waals surface area contributed by atoms with Crippen molar-refractivity contribution < 1.29 is 4.74 Å². The molecule has 2 unspecified atom stereocenters. The topological polar surface area (TPSA) is 37.4 Å². The van der Waals surface area contributed by atoms with Crippen LogP contribution in [0.5, 0.6) is 5.75 Å². The number of hydrogen-bond donors (Lipinski definition) is 1. The zero-order chi connectivity index (χ0) is 16.5. The number of nitrogens with one attached hydrogen (secondary N) is 1. The fourth-order valence-electron chi connectivity index (χ4n) is 3.12. The number of nitrogens with zero attached hydrogens (tertiary/aromatic N) is 2. The van der Waals surface area contributed by atoms with Gasteiger partial charge >= 0.3 is 0 Å². The summed E-state index contributed by atoms with van der Waals surface area (Å²) >= 11 is 0. The van der Waals surface area contributed by atoms with Crippen LogP contribution in [0.25, 0.3) is 0 Å². The first-order valence-corrected chi connectivity index (χ1v) is 8.84. The molecule has 2 atom stereocenters. The Morgan fingerprint density at radius 2 is 1.95 bits per heavy atom. The van der Waals surface area contributed by atoms with Crippen molar-refractivity contribution in [2.45, 2.75) is 53.5 Å². The lowest BCUT2D eigenvalue weighted by Gasteiger charge is -2.25. The molecule has 1 aromatic rings. The Bertz CT molecular complexity index is 414. The van der Waals surface area contributed by atoms with E-state index in [1.54, 1.807) is 7.11 Å². The zero-order valence-corrected chi connectivity index (χ0v) is 15.1. The van der Waals surface area contributed by atoms with Gasteiger partial charge in [-0.15, -0.1) is 0 Å².